The fraction of sp³-hybridized carbons (Fsp3) is 0.227. The quantitative estimate of drug-likeness (QED) is 0.431. The minimum Gasteiger partial charge on any atom is -0.360 e. The molecule has 1 saturated heterocycles. The van der Waals surface area contributed by atoms with Crippen LogP contribution in [0.5, 0.6) is 0 Å². The van der Waals surface area contributed by atoms with Gasteiger partial charge in [0, 0.05) is 56.0 Å². The number of nitrogens with one attached hydrogen (secondary N) is 1. The molecule has 0 bridgehead atoms. The summed E-state index contributed by atoms with van der Waals surface area (Å²) in [6.45, 7) is 3.32. The Hall–Kier alpha value is -3.45. The number of Topliss-reactive ketones (excluding diaryl/α,β-unsaturated/α-hetero) is 1. The predicted molar refractivity (Wildman–Crippen MR) is 110 cm³/mol. The molecule has 3 aromatic heterocycles. The van der Waals surface area contributed by atoms with E-state index >= 15 is 0 Å². The topological polar surface area (TPSA) is 73.7 Å². The van der Waals surface area contributed by atoms with E-state index in [4.69, 9.17) is 0 Å². The lowest BCUT2D eigenvalue weighted by molar-refractivity contribution is -0.128. The molecule has 1 N–H and O–H groups in total. The number of hydrogen-bond donors (Lipinski definition) is 1. The van der Waals surface area contributed by atoms with E-state index < -0.39 is 11.7 Å². The van der Waals surface area contributed by atoms with Crippen LogP contribution in [0, 0.1) is 0 Å². The molecule has 5 rings (SSSR count). The van der Waals surface area contributed by atoms with Crippen LogP contribution in [0.4, 0.5) is 0 Å². The molecule has 29 heavy (non-hydrogen) atoms. The lowest BCUT2D eigenvalue weighted by atomic mass is 10.1. The molecule has 0 spiro atoms. The molecule has 7 heteroatoms. The highest BCUT2D eigenvalue weighted by Crippen LogP contribution is 2.19. The van der Waals surface area contributed by atoms with Crippen LogP contribution in [0.15, 0.2) is 61.1 Å². The number of hydrogen-bond acceptors (Lipinski definition) is 4. The second kappa shape index (κ2) is 7.18. The van der Waals surface area contributed by atoms with Crippen molar-refractivity contribution in [2.75, 3.05) is 26.2 Å². The van der Waals surface area contributed by atoms with Crippen molar-refractivity contribution in [2.45, 2.75) is 6.54 Å². The monoisotopic (exact) mass is 387 g/mol. The summed E-state index contributed by atoms with van der Waals surface area (Å²) < 4.78 is 2.08. The van der Waals surface area contributed by atoms with Crippen LogP contribution >= 0.6 is 0 Å². The number of amides is 1. The number of para-hydroxylation sites is 1. The van der Waals surface area contributed by atoms with Gasteiger partial charge in [0.2, 0.25) is 0 Å². The minimum absolute atomic E-state index is 0.427. The Labute approximate surface area is 167 Å². The Morgan fingerprint density at radius 3 is 2.66 bits per heavy atom. The number of H-pyrrole nitrogens is 1. The molecule has 1 aliphatic rings. The van der Waals surface area contributed by atoms with Crippen molar-refractivity contribution in [3.63, 3.8) is 0 Å². The van der Waals surface area contributed by atoms with Crippen LogP contribution < -0.4 is 0 Å². The van der Waals surface area contributed by atoms with E-state index in [0.29, 0.717) is 18.7 Å². The molecule has 7 nitrogen and oxygen atoms in total. The first kappa shape index (κ1) is 17.6. The Balaban J connectivity index is 1.24. The van der Waals surface area contributed by atoms with Gasteiger partial charge in [0.05, 0.1) is 17.5 Å². The molecular formula is C22H21N5O2. The molecule has 4 aromatic rings. The summed E-state index contributed by atoms with van der Waals surface area (Å²) in [7, 11) is 0. The highest BCUT2D eigenvalue weighted by Gasteiger charge is 2.28. The van der Waals surface area contributed by atoms with Crippen LogP contribution in [0.25, 0.3) is 16.6 Å². The summed E-state index contributed by atoms with van der Waals surface area (Å²) >= 11 is 0. The number of rotatable bonds is 4. The van der Waals surface area contributed by atoms with E-state index in [1.165, 1.54) is 0 Å². The standard InChI is InChI=1S/C22H21N5O2/c28-21(18-14-23-19-6-2-1-5-17(18)19)22(29)26-11-9-25(10-12-26)15-16-13-24-20-7-3-4-8-27(16)20/h1-8,13-14,23H,9-12,15H2. The Bertz CT molecular complexity index is 1200. The van der Waals surface area contributed by atoms with Gasteiger partial charge in [0.1, 0.15) is 5.65 Å². The third kappa shape index (κ3) is 3.19. The van der Waals surface area contributed by atoms with Gasteiger partial charge < -0.3 is 14.3 Å². The van der Waals surface area contributed by atoms with Crippen LogP contribution in [0.1, 0.15) is 16.1 Å². The summed E-state index contributed by atoms with van der Waals surface area (Å²) in [6.07, 6.45) is 5.54. The third-order valence-corrected chi connectivity index (χ3v) is 5.57. The maximum Gasteiger partial charge on any atom is 0.295 e. The number of benzene rings is 1. The molecule has 1 aromatic carbocycles. The molecule has 0 atom stereocenters. The lowest BCUT2D eigenvalue weighted by Gasteiger charge is -2.34. The van der Waals surface area contributed by atoms with Crippen molar-refractivity contribution in [1.82, 2.24) is 24.2 Å². The van der Waals surface area contributed by atoms with E-state index in [1.54, 1.807) is 11.1 Å². The zero-order valence-corrected chi connectivity index (χ0v) is 15.9. The van der Waals surface area contributed by atoms with E-state index in [2.05, 4.69) is 19.3 Å². The summed E-state index contributed by atoms with van der Waals surface area (Å²) in [4.78, 5) is 37.0. The van der Waals surface area contributed by atoms with Crippen LogP contribution in [0.3, 0.4) is 0 Å². The van der Waals surface area contributed by atoms with Crippen molar-refractivity contribution in [3.05, 3.63) is 72.3 Å². The Morgan fingerprint density at radius 1 is 1.00 bits per heavy atom. The lowest BCUT2D eigenvalue weighted by Crippen LogP contribution is -2.50. The Morgan fingerprint density at radius 2 is 1.79 bits per heavy atom. The van der Waals surface area contributed by atoms with E-state index in [9.17, 15) is 9.59 Å². The molecule has 1 aliphatic heterocycles. The van der Waals surface area contributed by atoms with Crippen molar-refractivity contribution < 1.29 is 9.59 Å². The highest BCUT2D eigenvalue weighted by atomic mass is 16.2. The number of fused-ring (bicyclic) bond motifs is 2. The first-order chi connectivity index (χ1) is 14.2. The van der Waals surface area contributed by atoms with Crippen molar-refractivity contribution >= 4 is 28.2 Å². The number of aromatic amines is 1. The summed E-state index contributed by atoms with van der Waals surface area (Å²) in [5.41, 5.74) is 3.36. The summed E-state index contributed by atoms with van der Waals surface area (Å²) in [6, 6.07) is 13.5. The smallest absolute Gasteiger partial charge is 0.295 e. The number of nitrogens with zero attached hydrogens (tertiary/aromatic N) is 4. The second-order valence-electron chi connectivity index (χ2n) is 7.32. The normalized spacial score (nSPS) is 15.2. The van der Waals surface area contributed by atoms with Crippen molar-refractivity contribution in [2.24, 2.45) is 0 Å². The number of carbonyl (C=O) groups excluding carboxylic acids is 2. The average Bonchev–Trinajstić information content (AvgIpc) is 3.38. The maximum absolute atomic E-state index is 12.8. The van der Waals surface area contributed by atoms with Crippen molar-refractivity contribution in [3.8, 4) is 0 Å². The van der Waals surface area contributed by atoms with Gasteiger partial charge in [-0.25, -0.2) is 4.98 Å². The number of carbonyl (C=O) groups is 2. The van der Waals surface area contributed by atoms with E-state index in [1.807, 2.05) is 54.9 Å². The molecule has 0 aliphatic carbocycles. The number of ketones is 1. The molecule has 0 radical (unpaired) electrons. The molecule has 0 unspecified atom stereocenters. The molecule has 1 amide bonds. The largest absolute Gasteiger partial charge is 0.360 e. The Kier molecular flexibility index (Phi) is 4.37. The fourth-order valence-corrected chi connectivity index (χ4v) is 3.96. The van der Waals surface area contributed by atoms with Gasteiger partial charge >= 0.3 is 0 Å². The van der Waals surface area contributed by atoms with Gasteiger partial charge in [0.25, 0.3) is 11.7 Å². The fourth-order valence-electron chi connectivity index (χ4n) is 3.96. The number of aromatic nitrogens is 3. The predicted octanol–water partition coefficient (Wildman–Crippen LogP) is 2.34. The van der Waals surface area contributed by atoms with Gasteiger partial charge in [-0.05, 0) is 18.2 Å². The maximum atomic E-state index is 12.8. The average molecular weight is 387 g/mol. The molecule has 146 valence electrons. The highest BCUT2D eigenvalue weighted by molar-refractivity contribution is 6.44. The number of imidazole rings is 1. The van der Waals surface area contributed by atoms with Crippen LogP contribution in [-0.4, -0.2) is 62.0 Å². The van der Waals surface area contributed by atoms with Crippen molar-refractivity contribution in [1.29, 1.82) is 0 Å². The minimum atomic E-state index is -0.447. The van der Waals surface area contributed by atoms with Gasteiger partial charge in [-0.1, -0.05) is 24.3 Å². The van der Waals surface area contributed by atoms with Crippen LogP contribution in [0.2, 0.25) is 0 Å². The zero-order valence-electron chi connectivity index (χ0n) is 15.9. The van der Waals surface area contributed by atoms with Crippen LogP contribution in [-0.2, 0) is 11.3 Å². The van der Waals surface area contributed by atoms with Gasteiger partial charge in [-0.15, -0.1) is 0 Å². The third-order valence-electron chi connectivity index (χ3n) is 5.57. The number of piperazine rings is 1. The van der Waals surface area contributed by atoms with E-state index in [-0.39, 0.29) is 0 Å². The van der Waals surface area contributed by atoms with Gasteiger partial charge in [0.15, 0.2) is 0 Å². The zero-order chi connectivity index (χ0) is 19.8. The first-order valence-electron chi connectivity index (χ1n) is 9.74. The number of pyridine rings is 1. The summed E-state index contributed by atoms with van der Waals surface area (Å²) in [5, 5.41) is 0.789. The second-order valence-corrected chi connectivity index (χ2v) is 7.32. The van der Waals surface area contributed by atoms with Gasteiger partial charge in [-0.2, -0.15) is 0 Å². The molecule has 1 fully saturated rings. The SMILES string of the molecule is O=C(C(=O)N1CCN(Cc2cnc3ccccn23)CC1)c1c[nH]c2ccccc12. The van der Waals surface area contributed by atoms with E-state index in [0.717, 1.165) is 41.9 Å². The van der Waals surface area contributed by atoms with Gasteiger partial charge in [-0.3, -0.25) is 14.5 Å². The molecule has 4 heterocycles. The molecular weight excluding hydrogens is 366 g/mol. The summed E-state index contributed by atoms with van der Waals surface area (Å²) in [5.74, 6) is -0.873. The first-order valence-corrected chi connectivity index (χ1v) is 9.74. The molecule has 0 saturated carbocycles.